The van der Waals surface area contributed by atoms with E-state index in [0.717, 1.165) is 0 Å². The molecule has 1 aromatic rings. The van der Waals surface area contributed by atoms with Crippen molar-refractivity contribution in [3.8, 4) is 0 Å². The van der Waals surface area contributed by atoms with Crippen LogP contribution in [0, 0.1) is 0 Å². The SMILES string of the molecule is O=C(Nc1cc(Cl)ccc1Cl)OC1CCS(=O)(=O)C1. The van der Waals surface area contributed by atoms with Crippen molar-refractivity contribution in [1.29, 1.82) is 0 Å². The van der Waals surface area contributed by atoms with Gasteiger partial charge >= 0.3 is 6.09 Å². The number of ether oxygens (including phenoxy) is 1. The summed E-state index contributed by atoms with van der Waals surface area (Å²) in [6.07, 6.45) is -1.03. The lowest BCUT2D eigenvalue weighted by Gasteiger charge is -2.12. The van der Waals surface area contributed by atoms with Gasteiger partial charge in [0, 0.05) is 5.02 Å². The Morgan fingerprint density at radius 2 is 2.11 bits per heavy atom. The van der Waals surface area contributed by atoms with Crippen molar-refractivity contribution in [2.24, 2.45) is 0 Å². The Hall–Kier alpha value is -0.980. The van der Waals surface area contributed by atoms with Crippen LogP contribution in [0.15, 0.2) is 18.2 Å². The number of nitrogens with one attached hydrogen (secondary N) is 1. The van der Waals surface area contributed by atoms with Gasteiger partial charge in [0.1, 0.15) is 6.10 Å². The maximum atomic E-state index is 11.6. The number of carbonyl (C=O) groups excluding carboxylic acids is 1. The minimum atomic E-state index is -3.08. The van der Waals surface area contributed by atoms with Crippen LogP contribution in [0.25, 0.3) is 0 Å². The monoisotopic (exact) mass is 323 g/mol. The second kappa shape index (κ2) is 5.56. The van der Waals surface area contributed by atoms with Crippen LogP contribution in [0.5, 0.6) is 0 Å². The van der Waals surface area contributed by atoms with Crippen LogP contribution in [-0.2, 0) is 14.6 Å². The number of benzene rings is 1. The minimum absolute atomic E-state index is 0.0445. The van der Waals surface area contributed by atoms with Crippen molar-refractivity contribution >= 4 is 44.8 Å². The largest absolute Gasteiger partial charge is 0.445 e. The molecule has 1 fully saturated rings. The van der Waals surface area contributed by atoms with Crippen molar-refractivity contribution in [2.45, 2.75) is 12.5 Å². The molecule has 1 amide bonds. The quantitative estimate of drug-likeness (QED) is 0.908. The molecule has 2 rings (SSSR count). The third kappa shape index (κ3) is 3.99. The van der Waals surface area contributed by atoms with Gasteiger partial charge in [-0.2, -0.15) is 0 Å². The Balaban J connectivity index is 1.97. The van der Waals surface area contributed by atoms with Crippen molar-refractivity contribution in [3.05, 3.63) is 28.2 Å². The molecule has 0 aliphatic carbocycles. The topological polar surface area (TPSA) is 72.5 Å². The third-order valence-corrected chi connectivity index (χ3v) is 4.93. The molecule has 0 aromatic heterocycles. The lowest BCUT2D eigenvalue weighted by atomic mass is 10.3. The lowest BCUT2D eigenvalue weighted by Crippen LogP contribution is -2.23. The molecule has 1 N–H and O–H groups in total. The molecule has 19 heavy (non-hydrogen) atoms. The number of halogens is 2. The molecule has 0 bridgehead atoms. The van der Waals surface area contributed by atoms with E-state index >= 15 is 0 Å². The molecule has 1 aromatic carbocycles. The highest BCUT2D eigenvalue weighted by atomic mass is 35.5. The standard InChI is InChI=1S/C11H11Cl2NO4S/c12-7-1-2-9(13)10(5-7)14-11(15)18-8-3-4-19(16,17)6-8/h1-2,5,8H,3-4,6H2,(H,14,15). The lowest BCUT2D eigenvalue weighted by molar-refractivity contribution is 0.124. The smallest absolute Gasteiger partial charge is 0.411 e. The van der Waals surface area contributed by atoms with Gasteiger partial charge in [0.15, 0.2) is 9.84 Å². The van der Waals surface area contributed by atoms with Gasteiger partial charge in [-0.15, -0.1) is 0 Å². The Morgan fingerprint density at radius 1 is 1.37 bits per heavy atom. The summed E-state index contributed by atoms with van der Waals surface area (Å²) in [6, 6.07) is 4.61. The molecule has 1 aliphatic heterocycles. The van der Waals surface area contributed by atoms with Gasteiger partial charge in [-0.25, -0.2) is 13.2 Å². The van der Waals surface area contributed by atoms with Gasteiger partial charge in [-0.3, -0.25) is 5.32 Å². The molecule has 1 heterocycles. The fourth-order valence-corrected chi connectivity index (χ4v) is 3.66. The fraction of sp³-hybridized carbons (Fsp3) is 0.364. The van der Waals surface area contributed by atoms with Crippen LogP contribution in [-0.4, -0.2) is 32.1 Å². The molecular weight excluding hydrogens is 313 g/mol. The molecule has 1 saturated heterocycles. The van der Waals surface area contributed by atoms with Gasteiger partial charge in [-0.05, 0) is 24.6 Å². The van der Waals surface area contributed by atoms with E-state index in [0.29, 0.717) is 22.2 Å². The Kier molecular flexibility index (Phi) is 4.23. The molecule has 5 nitrogen and oxygen atoms in total. The van der Waals surface area contributed by atoms with E-state index in [1.807, 2.05) is 0 Å². The predicted octanol–water partition coefficient (Wildman–Crippen LogP) is 2.73. The maximum Gasteiger partial charge on any atom is 0.411 e. The number of sulfone groups is 1. The van der Waals surface area contributed by atoms with Crippen LogP contribution >= 0.6 is 23.2 Å². The van der Waals surface area contributed by atoms with E-state index < -0.39 is 22.0 Å². The van der Waals surface area contributed by atoms with E-state index in [1.165, 1.54) is 6.07 Å². The highest BCUT2D eigenvalue weighted by molar-refractivity contribution is 7.91. The Morgan fingerprint density at radius 3 is 2.74 bits per heavy atom. The first kappa shape index (κ1) is 14.4. The zero-order valence-electron chi connectivity index (χ0n) is 9.73. The van der Waals surface area contributed by atoms with Crippen LogP contribution in [0.4, 0.5) is 10.5 Å². The first-order valence-corrected chi connectivity index (χ1v) is 8.06. The van der Waals surface area contributed by atoms with Crippen molar-refractivity contribution in [3.63, 3.8) is 0 Å². The summed E-state index contributed by atoms with van der Waals surface area (Å²) in [4.78, 5) is 11.6. The molecule has 0 radical (unpaired) electrons. The summed E-state index contributed by atoms with van der Waals surface area (Å²) in [6.45, 7) is 0. The number of carbonyl (C=O) groups is 1. The molecule has 0 spiro atoms. The maximum absolute atomic E-state index is 11.6. The number of hydrogen-bond donors (Lipinski definition) is 1. The molecule has 1 unspecified atom stereocenters. The van der Waals surface area contributed by atoms with E-state index in [1.54, 1.807) is 12.1 Å². The zero-order chi connectivity index (χ0) is 14.0. The second-order valence-corrected chi connectivity index (χ2v) is 7.25. The van der Waals surface area contributed by atoms with Crippen LogP contribution < -0.4 is 5.32 Å². The summed E-state index contributed by atoms with van der Waals surface area (Å²) in [5.41, 5.74) is 0.319. The molecule has 8 heteroatoms. The number of hydrogen-bond acceptors (Lipinski definition) is 4. The second-order valence-electron chi connectivity index (χ2n) is 4.18. The van der Waals surface area contributed by atoms with E-state index in [4.69, 9.17) is 27.9 Å². The van der Waals surface area contributed by atoms with Crippen LogP contribution in [0.3, 0.4) is 0 Å². The average molecular weight is 324 g/mol. The van der Waals surface area contributed by atoms with Crippen LogP contribution in [0.1, 0.15) is 6.42 Å². The van der Waals surface area contributed by atoms with Crippen molar-refractivity contribution in [1.82, 2.24) is 0 Å². The van der Waals surface area contributed by atoms with Gasteiger partial charge < -0.3 is 4.74 Å². The van der Waals surface area contributed by atoms with E-state index in [2.05, 4.69) is 5.32 Å². The normalized spacial score (nSPS) is 21.1. The molecular formula is C11H11Cl2NO4S. The minimum Gasteiger partial charge on any atom is -0.445 e. The highest BCUT2D eigenvalue weighted by Crippen LogP contribution is 2.26. The summed E-state index contributed by atoms with van der Waals surface area (Å²) in [5, 5.41) is 3.17. The zero-order valence-corrected chi connectivity index (χ0v) is 12.1. The van der Waals surface area contributed by atoms with E-state index in [9.17, 15) is 13.2 Å². The van der Waals surface area contributed by atoms with Gasteiger partial charge in [-0.1, -0.05) is 23.2 Å². The molecule has 0 saturated carbocycles. The fourth-order valence-electron chi connectivity index (χ4n) is 1.74. The summed E-state index contributed by atoms with van der Waals surface area (Å²) < 4.78 is 27.5. The van der Waals surface area contributed by atoms with Crippen molar-refractivity contribution < 1.29 is 17.9 Å². The first-order valence-electron chi connectivity index (χ1n) is 5.49. The first-order chi connectivity index (χ1) is 8.85. The number of anilines is 1. The third-order valence-electron chi connectivity index (χ3n) is 2.63. The Bertz CT molecular complexity index is 603. The Labute approximate surface area is 120 Å². The van der Waals surface area contributed by atoms with Gasteiger partial charge in [0.2, 0.25) is 0 Å². The average Bonchev–Trinajstić information content (AvgIpc) is 2.63. The van der Waals surface area contributed by atoms with Gasteiger partial charge in [0.25, 0.3) is 0 Å². The van der Waals surface area contributed by atoms with Crippen LogP contribution in [0.2, 0.25) is 10.0 Å². The number of rotatable bonds is 2. The summed E-state index contributed by atoms with van der Waals surface area (Å²) in [5.74, 6) is -0.0907. The molecule has 1 aliphatic rings. The summed E-state index contributed by atoms with van der Waals surface area (Å²) in [7, 11) is -3.08. The van der Waals surface area contributed by atoms with Gasteiger partial charge in [0.05, 0.1) is 22.2 Å². The highest BCUT2D eigenvalue weighted by Gasteiger charge is 2.30. The number of amides is 1. The predicted molar refractivity (Wildman–Crippen MR) is 73.6 cm³/mol. The van der Waals surface area contributed by atoms with Crippen molar-refractivity contribution in [2.75, 3.05) is 16.8 Å². The molecule has 1 atom stereocenters. The van der Waals surface area contributed by atoms with E-state index in [-0.39, 0.29) is 11.5 Å². The summed E-state index contributed by atoms with van der Waals surface area (Å²) >= 11 is 11.7. The molecule has 104 valence electrons.